The second-order valence-electron chi connectivity index (χ2n) is 11.7. The lowest BCUT2D eigenvalue weighted by atomic mass is 9.99. The maximum absolute atomic E-state index is 13.4. The van der Waals surface area contributed by atoms with Gasteiger partial charge in [0, 0.05) is 6.54 Å². The molecule has 1 unspecified atom stereocenters. The number of ketones is 1. The van der Waals surface area contributed by atoms with E-state index in [1.165, 1.54) is 4.90 Å². The van der Waals surface area contributed by atoms with Crippen molar-refractivity contribution < 1.29 is 43.4 Å². The van der Waals surface area contributed by atoms with E-state index in [-0.39, 0.29) is 37.3 Å². The largest absolute Gasteiger partial charge is 0.480 e. The third-order valence-electron chi connectivity index (χ3n) is 7.23. The number of alkyl carbamates (subject to hydrolysis) is 1. The molecule has 1 rings (SSSR count). The van der Waals surface area contributed by atoms with E-state index in [1.807, 2.05) is 13.8 Å². The summed E-state index contributed by atoms with van der Waals surface area (Å²) in [5, 5.41) is 19.1. The molecule has 0 spiro atoms. The Labute approximate surface area is 253 Å². The van der Waals surface area contributed by atoms with Gasteiger partial charge in [-0.2, -0.15) is 0 Å². The van der Waals surface area contributed by atoms with Gasteiger partial charge < -0.3 is 36.0 Å². The van der Waals surface area contributed by atoms with Gasteiger partial charge in [0.1, 0.15) is 18.1 Å². The molecule has 14 heteroatoms. The first-order valence-corrected chi connectivity index (χ1v) is 15.0. The molecule has 5 atom stereocenters. The Kier molecular flexibility index (Phi) is 15.7. The van der Waals surface area contributed by atoms with Crippen LogP contribution in [0.25, 0.3) is 0 Å². The minimum atomic E-state index is -1.21. The molecule has 244 valence electrons. The number of carboxylic acid groups (broad SMARTS) is 1. The van der Waals surface area contributed by atoms with Crippen LogP contribution in [-0.4, -0.2) is 95.3 Å². The fourth-order valence-corrected chi connectivity index (χ4v) is 4.55. The van der Waals surface area contributed by atoms with E-state index in [9.17, 15) is 38.7 Å². The number of Topliss-reactive ketones (excluding diaryl/α,β-unsaturated/α-hetero) is 1. The zero-order valence-electron chi connectivity index (χ0n) is 26.4. The molecule has 5 N–H and O–H groups in total. The Morgan fingerprint density at radius 2 is 1.58 bits per heavy atom. The number of nitrogens with zero attached hydrogens (tertiary/aromatic N) is 1. The highest BCUT2D eigenvalue weighted by Crippen LogP contribution is 2.21. The highest BCUT2D eigenvalue weighted by Gasteiger charge is 2.40. The first-order valence-electron chi connectivity index (χ1n) is 15.0. The molecule has 0 aromatic rings. The SMILES string of the molecule is CCCC(NC(=O)[C@@H]1CCCN1C(=O)[C@@H](NC(=O)OCC(C)C)C(C)C)C(=O)C(=O)NCC(=O)N[C@H](C(=O)O)[C@@H](C)CC. The van der Waals surface area contributed by atoms with Crippen LogP contribution in [0.2, 0.25) is 0 Å². The number of carboxylic acids is 1. The van der Waals surface area contributed by atoms with Crippen molar-refractivity contribution in [3.05, 3.63) is 0 Å². The van der Waals surface area contributed by atoms with Crippen molar-refractivity contribution in [1.29, 1.82) is 0 Å². The standard InChI is InChI=1S/C29H49N5O9/c1-8-11-19(24(36)26(38)30-14-21(35)32-23(28(40)41)18(7)9-2)31-25(37)20-12-10-13-34(20)27(39)22(17(5)6)33-29(42)43-15-16(3)4/h16-20,22-23H,8-15H2,1-7H3,(H,30,38)(H,31,37)(H,32,35)(H,33,42)(H,40,41)/t18-,19?,20-,22-,23-/m0/s1. The summed E-state index contributed by atoms with van der Waals surface area (Å²) in [5.41, 5.74) is 0. The molecular weight excluding hydrogens is 562 g/mol. The van der Waals surface area contributed by atoms with E-state index in [4.69, 9.17) is 4.74 Å². The van der Waals surface area contributed by atoms with Gasteiger partial charge in [0.2, 0.25) is 23.5 Å². The third kappa shape index (κ3) is 11.8. The first kappa shape index (κ1) is 37.3. The summed E-state index contributed by atoms with van der Waals surface area (Å²) in [6, 6.07) is -4.18. The quantitative estimate of drug-likeness (QED) is 0.149. The molecule has 1 fully saturated rings. The van der Waals surface area contributed by atoms with Crippen molar-refractivity contribution >= 4 is 41.5 Å². The number of carbonyl (C=O) groups excluding carboxylic acids is 6. The van der Waals surface area contributed by atoms with Gasteiger partial charge in [-0.25, -0.2) is 9.59 Å². The lowest BCUT2D eigenvalue weighted by Gasteiger charge is -2.31. The number of hydrogen-bond acceptors (Lipinski definition) is 8. The minimum Gasteiger partial charge on any atom is -0.480 e. The fraction of sp³-hybridized carbons (Fsp3) is 0.759. The van der Waals surface area contributed by atoms with Crippen LogP contribution in [0, 0.1) is 17.8 Å². The summed E-state index contributed by atoms with van der Waals surface area (Å²) in [7, 11) is 0. The predicted molar refractivity (Wildman–Crippen MR) is 157 cm³/mol. The monoisotopic (exact) mass is 611 g/mol. The van der Waals surface area contributed by atoms with Gasteiger partial charge in [0.05, 0.1) is 19.2 Å². The average molecular weight is 612 g/mol. The average Bonchev–Trinajstić information content (AvgIpc) is 3.45. The summed E-state index contributed by atoms with van der Waals surface area (Å²) in [6.07, 6.45) is 1.22. The molecule has 1 saturated heterocycles. The van der Waals surface area contributed by atoms with Crippen LogP contribution in [0.1, 0.15) is 80.6 Å². The van der Waals surface area contributed by atoms with Gasteiger partial charge in [0.25, 0.3) is 5.91 Å². The summed E-state index contributed by atoms with van der Waals surface area (Å²) in [5.74, 6) is -5.65. The highest BCUT2D eigenvalue weighted by molar-refractivity contribution is 6.38. The number of aliphatic carboxylic acids is 1. The van der Waals surface area contributed by atoms with Crippen LogP contribution in [-0.2, 0) is 33.5 Å². The molecule has 43 heavy (non-hydrogen) atoms. The molecular formula is C29H49N5O9. The van der Waals surface area contributed by atoms with Gasteiger partial charge in [-0.15, -0.1) is 0 Å². The summed E-state index contributed by atoms with van der Waals surface area (Å²) in [6.45, 7) is 12.3. The Morgan fingerprint density at radius 3 is 2.12 bits per heavy atom. The van der Waals surface area contributed by atoms with Crippen LogP contribution in [0.5, 0.6) is 0 Å². The summed E-state index contributed by atoms with van der Waals surface area (Å²) < 4.78 is 5.15. The van der Waals surface area contributed by atoms with Gasteiger partial charge >= 0.3 is 12.1 Å². The van der Waals surface area contributed by atoms with Gasteiger partial charge in [-0.05, 0) is 37.0 Å². The molecule has 1 aliphatic rings. The number of nitrogens with one attached hydrogen (secondary N) is 4. The van der Waals surface area contributed by atoms with E-state index in [0.29, 0.717) is 25.7 Å². The number of amides is 5. The van der Waals surface area contributed by atoms with Crippen molar-refractivity contribution in [3.8, 4) is 0 Å². The summed E-state index contributed by atoms with van der Waals surface area (Å²) >= 11 is 0. The lowest BCUT2D eigenvalue weighted by molar-refractivity contribution is -0.144. The van der Waals surface area contributed by atoms with Gasteiger partial charge in [-0.1, -0.05) is 61.3 Å². The molecule has 0 saturated carbocycles. The van der Waals surface area contributed by atoms with Gasteiger partial charge in [-0.3, -0.25) is 24.0 Å². The van der Waals surface area contributed by atoms with Crippen LogP contribution in [0.15, 0.2) is 0 Å². The highest BCUT2D eigenvalue weighted by atomic mass is 16.5. The molecule has 14 nitrogen and oxygen atoms in total. The number of rotatable bonds is 17. The number of likely N-dealkylation sites (tertiary alicyclic amines) is 1. The zero-order valence-corrected chi connectivity index (χ0v) is 26.4. The fourth-order valence-electron chi connectivity index (χ4n) is 4.55. The van der Waals surface area contributed by atoms with Crippen molar-refractivity contribution in [3.63, 3.8) is 0 Å². The molecule has 1 aliphatic heterocycles. The minimum absolute atomic E-state index is 0.113. The number of carbonyl (C=O) groups is 7. The lowest BCUT2D eigenvalue weighted by Crippen LogP contribution is -2.57. The van der Waals surface area contributed by atoms with Crippen molar-refractivity contribution in [2.45, 2.75) is 105 Å². The van der Waals surface area contributed by atoms with Crippen molar-refractivity contribution in [1.82, 2.24) is 26.2 Å². The second-order valence-corrected chi connectivity index (χ2v) is 11.7. The Hall–Kier alpha value is -3.71. The summed E-state index contributed by atoms with van der Waals surface area (Å²) in [4.78, 5) is 89.6. The van der Waals surface area contributed by atoms with E-state index in [2.05, 4.69) is 21.3 Å². The molecule has 0 bridgehead atoms. The van der Waals surface area contributed by atoms with E-state index in [0.717, 1.165) is 0 Å². The normalized spacial score (nSPS) is 17.4. The van der Waals surface area contributed by atoms with E-state index in [1.54, 1.807) is 34.6 Å². The third-order valence-corrected chi connectivity index (χ3v) is 7.23. The Morgan fingerprint density at radius 1 is 0.930 bits per heavy atom. The van der Waals surface area contributed by atoms with E-state index < -0.39 is 72.2 Å². The van der Waals surface area contributed by atoms with Crippen LogP contribution < -0.4 is 21.3 Å². The molecule has 0 aromatic heterocycles. The molecule has 1 heterocycles. The van der Waals surface area contributed by atoms with Gasteiger partial charge in [0.15, 0.2) is 0 Å². The molecule has 5 amide bonds. The van der Waals surface area contributed by atoms with Crippen LogP contribution in [0.3, 0.4) is 0 Å². The second kappa shape index (κ2) is 18.1. The number of hydrogen-bond donors (Lipinski definition) is 5. The van der Waals surface area contributed by atoms with Crippen LogP contribution in [0.4, 0.5) is 4.79 Å². The Bertz CT molecular complexity index is 1020. The maximum atomic E-state index is 13.4. The van der Waals surface area contributed by atoms with Crippen molar-refractivity contribution in [2.24, 2.45) is 17.8 Å². The predicted octanol–water partition coefficient (Wildman–Crippen LogP) is 0.970. The van der Waals surface area contributed by atoms with Crippen molar-refractivity contribution in [2.75, 3.05) is 19.7 Å². The molecule has 0 aromatic carbocycles. The Balaban J connectivity index is 2.87. The smallest absolute Gasteiger partial charge is 0.407 e. The zero-order chi connectivity index (χ0) is 32.9. The first-order chi connectivity index (χ1) is 20.1. The van der Waals surface area contributed by atoms with Crippen LogP contribution >= 0.6 is 0 Å². The maximum Gasteiger partial charge on any atom is 0.407 e. The van der Waals surface area contributed by atoms with E-state index >= 15 is 0 Å². The number of ether oxygens (including phenoxy) is 1. The molecule has 0 radical (unpaired) electrons. The topological polar surface area (TPSA) is 200 Å². The molecule has 0 aliphatic carbocycles.